The summed E-state index contributed by atoms with van der Waals surface area (Å²) in [6.07, 6.45) is 14.4. The fourth-order valence-corrected chi connectivity index (χ4v) is 26.5. The highest BCUT2D eigenvalue weighted by Crippen LogP contribution is 2.44. The SMILES string of the molecule is C.C.CO[Si](C)(CCC1CCC2OC2C1)O[Si](C)(C)O[Si]1(O[Si](C)(CCC2CCC3OC3C2)OC)CCCC1. The number of rotatable bonds is 14. The van der Waals surface area contributed by atoms with E-state index in [0.717, 1.165) is 36.0 Å². The van der Waals surface area contributed by atoms with Crippen molar-refractivity contribution in [1.29, 1.82) is 0 Å². The molecule has 0 bridgehead atoms. The first kappa shape index (κ1) is 34.1. The standard InChI is InChI=1S/C26H52O7Si4.2CH4/c1-27-35(5,17-13-21-9-11-23-25(19-21)29-23)31-34(3,4)32-37(15-7-8-16-37)33-36(6,28-2)18-14-22-10-12-24-26(20-22)30-24;;/h21-26H,7-20H2,1-6H3;2*1H4. The Bertz CT molecular complexity index is 785. The molecule has 0 radical (unpaired) electrons. The van der Waals surface area contributed by atoms with Gasteiger partial charge in [-0.3, -0.25) is 0 Å². The zero-order chi connectivity index (χ0) is 26.3. The zero-order valence-corrected chi connectivity index (χ0v) is 28.2. The van der Waals surface area contributed by atoms with Crippen LogP contribution in [-0.4, -0.2) is 72.9 Å². The van der Waals surface area contributed by atoms with Crippen LogP contribution in [-0.2, 0) is 30.7 Å². The van der Waals surface area contributed by atoms with Gasteiger partial charge in [0, 0.05) is 14.2 Å². The van der Waals surface area contributed by atoms with Gasteiger partial charge in [0.05, 0.1) is 24.4 Å². The Morgan fingerprint density at radius 1 is 0.667 bits per heavy atom. The minimum absolute atomic E-state index is 0. The topological polar surface area (TPSA) is 71.2 Å². The molecule has 8 unspecified atom stereocenters. The van der Waals surface area contributed by atoms with Gasteiger partial charge < -0.3 is 30.7 Å². The van der Waals surface area contributed by atoms with Crippen molar-refractivity contribution in [3.05, 3.63) is 0 Å². The molecule has 3 aliphatic heterocycles. The molecule has 5 fully saturated rings. The monoisotopic (exact) mass is 620 g/mol. The number of epoxide rings is 2. The second-order valence-corrected chi connectivity index (χ2v) is 27.8. The Balaban J connectivity index is 0.00000210. The summed E-state index contributed by atoms with van der Waals surface area (Å²) >= 11 is 0. The van der Waals surface area contributed by atoms with Gasteiger partial charge in [-0.2, -0.15) is 0 Å². The molecule has 8 atom stereocenters. The minimum Gasteiger partial charge on any atom is -0.416 e. The normalized spacial score (nSPS) is 35.8. The summed E-state index contributed by atoms with van der Waals surface area (Å²) in [5, 5.41) is 0. The number of hydrogen-bond donors (Lipinski definition) is 0. The maximum absolute atomic E-state index is 7.14. The van der Waals surface area contributed by atoms with Crippen molar-refractivity contribution >= 4 is 34.2 Å². The fourth-order valence-electron chi connectivity index (χ4n) is 7.34. The average molecular weight is 621 g/mol. The lowest BCUT2D eigenvalue weighted by Gasteiger charge is -2.43. The van der Waals surface area contributed by atoms with Crippen LogP contribution >= 0.6 is 0 Å². The molecular formula is C28H60O7Si4. The molecule has 5 aliphatic rings. The molecule has 7 nitrogen and oxygen atoms in total. The van der Waals surface area contributed by atoms with E-state index in [1.165, 1.54) is 64.2 Å². The maximum atomic E-state index is 7.14. The van der Waals surface area contributed by atoms with Crippen LogP contribution in [0.3, 0.4) is 0 Å². The molecule has 230 valence electrons. The Kier molecular flexibility index (Phi) is 11.8. The molecule has 5 rings (SSSR count). The highest BCUT2D eigenvalue weighted by Gasteiger charge is 2.53. The van der Waals surface area contributed by atoms with E-state index in [4.69, 9.17) is 30.7 Å². The minimum atomic E-state index is -2.46. The molecule has 11 heteroatoms. The van der Waals surface area contributed by atoms with Crippen LogP contribution in [0.15, 0.2) is 0 Å². The van der Waals surface area contributed by atoms with Crippen LogP contribution in [0.25, 0.3) is 0 Å². The van der Waals surface area contributed by atoms with Crippen molar-refractivity contribution in [3.63, 3.8) is 0 Å². The fraction of sp³-hybridized carbons (Fsp3) is 1.00. The van der Waals surface area contributed by atoms with E-state index in [1.807, 2.05) is 14.2 Å². The Hall–Kier alpha value is 0.588. The summed E-state index contributed by atoms with van der Waals surface area (Å²) in [5.74, 6) is 1.49. The van der Waals surface area contributed by atoms with Gasteiger partial charge in [-0.15, -0.1) is 0 Å². The van der Waals surface area contributed by atoms with Crippen LogP contribution < -0.4 is 0 Å². The van der Waals surface area contributed by atoms with Crippen molar-refractivity contribution in [1.82, 2.24) is 0 Å². The van der Waals surface area contributed by atoms with E-state index in [1.54, 1.807) is 0 Å². The van der Waals surface area contributed by atoms with Crippen LogP contribution in [0.4, 0.5) is 0 Å². The molecule has 2 saturated carbocycles. The summed E-state index contributed by atoms with van der Waals surface area (Å²) < 4.78 is 45.0. The predicted molar refractivity (Wildman–Crippen MR) is 167 cm³/mol. The van der Waals surface area contributed by atoms with Crippen molar-refractivity contribution in [2.75, 3.05) is 14.2 Å². The van der Waals surface area contributed by atoms with E-state index < -0.39 is 34.2 Å². The summed E-state index contributed by atoms with van der Waals surface area (Å²) in [6, 6.07) is 4.20. The molecule has 0 spiro atoms. The van der Waals surface area contributed by atoms with Crippen LogP contribution in [0.1, 0.15) is 79.1 Å². The van der Waals surface area contributed by atoms with Gasteiger partial charge in [0.25, 0.3) is 0 Å². The zero-order valence-electron chi connectivity index (χ0n) is 24.2. The van der Waals surface area contributed by atoms with Crippen molar-refractivity contribution in [2.24, 2.45) is 11.8 Å². The second-order valence-electron chi connectivity index (χ2n) is 13.4. The van der Waals surface area contributed by atoms with Gasteiger partial charge in [-0.1, -0.05) is 27.7 Å². The molecular weight excluding hydrogens is 561 g/mol. The molecule has 39 heavy (non-hydrogen) atoms. The van der Waals surface area contributed by atoms with Gasteiger partial charge in [-0.25, -0.2) is 0 Å². The predicted octanol–water partition coefficient (Wildman–Crippen LogP) is 7.60. The molecule has 0 aromatic rings. The first-order valence-corrected chi connectivity index (χ1v) is 25.2. The van der Waals surface area contributed by atoms with Gasteiger partial charge in [0.15, 0.2) is 0 Å². The Labute approximate surface area is 244 Å². The lowest BCUT2D eigenvalue weighted by molar-refractivity contribution is 0.231. The quantitative estimate of drug-likeness (QED) is 0.146. The molecule has 3 saturated heterocycles. The lowest BCUT2D eigenvalue weighted by atomic mass is 9.88. The van der Waals surface area contributed by atoms with Crippen LogP contribution in [0, 0.1) is 11.8 Å². The summed E-state index contributed by atoms with van der Waals surface area (Å²) in [4.78, 5) is 0. The van der Waals surface area contributed by atoms with Crippen LogP contribution in [0.2, 0.25) is 50.4 Å². The van der Waals surface area contributed by atoms with Crippen molar-refractivity contribution < 1.29 is 30.7 Å². The number of hydrogen-bond acceptors (Lipinski definition) is 7. The second kappa shape index (κ2) is 13.5. The number of ether oxygens (including phenoxy) is 2. The third kappa shape index (κ3) is 9.04. The maximum Gasteiger partial charge on any atom is 0.325 e. The van der Waals surface area contributed by atoms with Gasteiger partial charge >= 0.3 is 34.2 Å². The lowest BCUT2D eigenvalue weighted by Crippen LogP contribution is -2.59. The van der Waals surface area contributed by atoms with E-state index in [2.05, 4.69) is 26.2 Å². The van der Waals surface area contributed by atoms with E-state index in [9.17, 15) is 0 Å². The molecule has 3 heterocycles. The highest BCUT2D eigenvalue weighted by molar-refractivity contribution is 6.89. The highest BCUT2D eigenvalue weighted by atomic mass is 28.5. The van der Waals surface area contributed by atoms with Crippen molar-refractivity contribution in [3.8, 4) is 0 Å². The van der Waals surface area contributed by atoms with Gasteiger partial charge in [0.2, 0.25) is 0 Å². The first-order chi connectivity index (χ1) is 17.5. The largest absolute Gasteiger partial charge is 0.416 e. The van der Waals surface area contributed by atoms with Gasteiger partial charge in [-0.05, 0) is 114 Å². The molecule has 0 amide bonds. The van der Waals surface area contributed by atoms with Gasteiger partial charge in [0.1, 0.15) is 0 Å². The average Bonchev–Trinajstić information content (AvgIpc) is 3.77. The smallest absolute Gasteiger partial charge is 0.325 e. The van der Waals surface area contributed by atoms with E-state index >= 15 is 0 Å². The third-order valence-electron chi connectivity index (χ3n) is 9.76. The number of fused-ring (bicyclic) bond motifs is 2. The Morgan fingerprint density at radius 2 is 1.15 bits per heavy atom. The molecule has 0 aromatic heterocycles. The van der Waals surface area contributed by atoms with E-state index in [0.29, 0.717) is 24.4 Å². The van der Waals surface area contributed by atoms with E-state index in [-0.39, 0.29) is 14.9 Å². The molecule has 0 aromatic carbocycles. The van der Waals surface area contributed by atoms with Crippen molar-refractivity contribution in [2.45, 2.75) is 154 Å². The summed E-state index contributed by atoms with van der Waals surface area (Å²) in [5.41, 5.74) is 0. The molecule has 2 aliphatic carbocycles. The summed E-state index contributed by atoms with van der Waals surface area (Å²) in [7, 11) is -5.81. The van der Waals surface area contributed by atoms with Crippen LogP contribution in [0.5, 0.6) is 0 Å². The Morgan fingerprint density at radius 3 is 1.62 bits per heavy atom. The third-order valence-corrected chi connectivity index (χ3v) is 26.5. The molecule has 0 N–H and O–H groups in total. The summed E-state index contributed by atoms with van der Waals surface area (Å²) in [6.45, 7) is 8.94. The first-order valence-electron chi connectivity index (χ1n) is 15.1.